The highest BCUT2D eigenvalue weighted by Crippen LogP contribution is 2.27. The molecule has 0 unspecified atom stereocenters. The van der Waals surface area contributed by atoms with Crippen LogP contribution in [0.5, 0.6) is 0 Å². The van der Waals surface area contributed by atoms with Gasteiger partial charge in [0, 0.05) is 43.5 Å². The lowest BCUT2D eigenvalue weighted by Gasteiger charge is -2.14. The third-order valence-corrected chi connectivity index (χ3v) is 6.34. The summed E-state index contributed by atoms with van der Waals surface area (Å²) in [6, 6.07) is 17.2. The van der Waals surface area contributed by atoms with Crippen LogP contribution in [0.1, 0.15) is 17.5 Å². The van der Waals surface area contributed by atoms with Crippen molar-refractivity contribution in [1.29, 1.82) is 0 Å². The molecule has 2 N–H and O–H groups in total. The van der Waals surface area contributed by atoms with Gasteiger partial charge in [0.15, 0.2) is 0 Å². The summed E-state index contributed by atoms with van der Waals surface area (Å²) in [5.74, 6) is -0.632. The molecular weight excluding hydrogens is 495 g/mol. The molecule has 3 amide bonds. The van der Waals surface area contributed by atoms with Crippen LogP contribution in [0.15, 0.2) is 84.2 Å². The normalized spacial score (nSPS) is 12.5. The molecule has 0 aliphatic carbocycles. The number of hydrogen-bond donors (Lipinski definition) is 2. The van der Waals surface area contributed by atoms with Crippen LogP contribution < -0.4 is 10.6 Å². The van der Waals surface area contributed by atoms with Gasteiger partial charge in [-0.3, -0.25) is 19.8 Å². The summed E-state index contributed by atoms with van der Waals surface area (Å²) in [5.41, 5.74) is 6.39. The smallest absolute Gasteiger partial charge is 0.321 e. The Morgan fingerprint density at radius 2 is 1.64 bits per heavy atom. The Hall–Kier alpha value is -4.92. The van der Waals surface area contributed by atoms with E-state index in [1.165, 1.54) is 17.0 Å². The third kappa shape index (κ3) is 5.98. The maximum absolute atomic E-state index is 13.4. The van der Waals surface area contributed by atoms with Gasteiger partial charge in [-0.05, 0) is 72.5 Å². The number of hydrogen-bond acceptors (Lipinski definition) is 5. The SMILES string of the molecule is CN(C)C(=O)Nc1cncc(-c2ccc3c(c2)C(C(=O)Nc2ccc(-c4ccc(F)cc4)nc2)=NCCC3)c1. The van der Waals surface area contributed by atoms with Gasteiger partial charge in [-0.15, -0.1) is 0 Å². The van der Waals surface area contributed by atoms with Crippen molar-refractivity contribution in [2.24, 2.45) is 4.99 Å². The molecule has 0 spiro atoms. The van der Waals surface area contributed by atoms with E-state index in [0.717, 1.165) is 40.7 Å². The number of aromatic nitrogens is 2. The molecule has 4 aromatic rings. The highest BCUT2D eigenvalue weighted by Gasteiger charge is 2.21. The molecule has 0 bridgehead atoms. The van der Waals surface area contributed by atoms with Gasteiger partial charge < -0.3 is 15.5 Å². The van der Waals surface area contributed by atoms with Crippen molar-refractivity contribution in [1.82, 2.24) is 14.9 Å². The van der Waals surface area contributed by atoms with Crippen molar-refractivity contribution in [2.45, 2.75) is 12.8 Å². The van der Waals surface area contributed by atoms with E-state index in [2.05, 4.69) is 25.6 Å². The van der Waals surface area contributed by atoms with Crippen LogP contribution in [-0.2, 0) is 11.2 Å². The van der Waals surface area contributed by atoms with Crippen molar-refractivity contribution in [3.05, 3.63) is 96.2 Å². The molecule has 1 aliphatic heterocycles. The molecule has 0 atom stereocenters. The van der Waals surface area contributed by atoms with Crippen LogP contribution in [-0.4, -0.2) is 53.2 Å². The second kappa shape index (κ2) is 11.2. The van der Waals surface area contributed by atoms with Crippen LogP contribution in [0.4, 0.5) is 20.6 Å². The number of amides is 3. The Kier molecular flexibility index (Phi) is 7.40. The van der Waals surface area contributed by atoms with Gasteiger partial charge in [-0.25, -0.2) is 9.18 Å². The van der Waals surface area contributed by atoms with Gasteiger partial charge in [0.2, 0.25) is 0 Å². The van der Waals surface area contributed by atoms with Crippen LogP contribution >= 0.6 is 0 Å². The van der Waals surface area contributed by atoms with E-state index >= 15 is 0 Å². The highest BCUT2D eigenvalue weighted by molar-refractivity contribution is 6.49. The average molecular weight is 523 g/mol. The number of anilines is 2. The lowest BCUT2D eigenvalue weighted by molar-refractivity contribution is -0.110. The average Bonchev–Trinajstić information content (AvgIpc) is 3.16. The molecule has 196 valence electrons. The minimum absolute atomic E-state index is 0.248. The maximum atomic E-state index is 13.4. The number of aryl methyl sites for hydroxylation is 1. The van der Waals surface area contributed by atoms with Crippen molar-refractivity contribution in [2.75, 3.05) is 31.3 Å². The van der Waals surface area contributed by atoms with E-state index in [1.807, 2.05) is 24.3 Å². The van der Waals surface area contributed by atoms with Crippen LogP contribution in [0.2, 0.25) is 0 Å². The summed E-state index contributed by atoms with van der Waals surface area (Å²) in [6.45, 7) is 0.544. The second-order valence-corrected chi connectivity index (χ2v) is 9.39. The first-order valence-electron chi connectivity index (χ1n) is 12.5. The van der Waals surface area contributed by atoms with E-state index in [1.54, 1.807) is 57.0 Å². The fraction of sp³-hybridized carbons (Fsp3) is 0.167. The summed E-state index contributed by atoms with van der Waals surface area (Å²) in [5, 5.41) is 5.72. The van der Waals surface area contributed by atoms with Crippen LogP contribution in [0.3, 0.4) is 0 Å². The van der Waals surface area contributed by atoms with Gasteiger partial charge in [0.1, 0.15) is 11.5 Å². The van der Waals surface area contributed by atoms with E-state index < -0.39 is 0 Å². The molecular formula is C30H27FN6O2. The molecule has 2 aromatic heterocycles. The van der Waals surface area contributed by atoms with Gasteiger partial charge in [0.25, 0.3) is 5.91 Å². The number of fused-ring (bicyclic) bond motifs is 1. The number of carbonyl (C=O) groups is 2. The summed E-state index contributed by atoms with van der Waals surface area (Å²) >= 11 is 0. The van der Waals surface area contributed by atoms with Crippen LogP contribution in [0, 0.1) is 5.82 Å². The zero-order valence-electron chi connectivity index (χ0n) is 21.6. The summed E-state index contributed by atoms with van der Waals surface area (Å²) in [7, 11) is 3.34. The molecule has 5 rings (SSSR count). The first-order valence-corrected chi connectivity index (χ1v) is 12.5. The molecule has 0 fully saturated rings. The van der Waals surface area contributed by atoms with Crippen molar-refractivity contribution in [3.63, 3.8) is 0 Å². The maximum Gasteiger partial charge on any atom is 0.321 e. The molecule has 39 heavy (non-hydrogen) atoms. The Morgan fingerprint density at radius 3 is 2.38 bits per heavy atom. The molecule has 3 heterocycles. The van der Waals surface area contributed by atoms with E-state index in [-0.39, 0.29) is 17.8 Å². The number of rotatable bonds is 5. The molecule has 0 saturated heterocycles. The molecule has 8 nitrogen and oxygen atoms in total. The van der Waals surface area contributed by atoms with E-state index in [0.29, 0.717) is 29.3 Å². The topological polar surface area (TPSA) is 99.6 Å². The molecule has 9 heteroatoms. The fourth-order valence-corrected chi connectivity index (χ4v) is 4.29. The van der Waals surface area contributed by atoms with E-state index in [4.69, 9.17) is 0 Å². The number of nitrogens with zero attached hydrogens (tertiary/aromatic N) is 4. The number of nitrogens with one attached hydrogen (secondary N) is 2. The third-order valence-electron chi connectivity index (χ3n) is 6.34. The predicted molar refractivity (Wildman–Crippen MR) is 150 cm³/mol. The monoisotopic (exact) mass is 522 g/mol. The minimum atomic E-state index is -0.322. The molecule has 0 saturated carbocycles. The first-order chi connectivity index (χ1) is 18.9. The van der Waals surface area contributed by atoms with Gasteiger partial charge >= 0.3 is 6.03 Å². The van der Waals surface area contributed by atoms with Gasteiger partial charge in [0.05, 0.1) is 29.5 Å². The lowest BCUT2D eigenvalue weighted by atomic mass is 9.95. The first kappa shape index (κ1) is 25.7. The number of aliphatic imine (C=N–C) groups is 1. The lowest BCUT2D eigenvalue weighted by Crippen LogP contribution is -2.27. The number of pyridine rings is 2. The zero-order valence-corrected chi connectivity index (χ0v) is 21.6. The summed E-state index contributed by atoms with van der Waals surface area (Å²) in [4.78, 5) is 40.2. The van der Waals surface area contributed by atoms with Gasteiger partial charge in [-0.2, -0.15) is 0 Å². The fourth-order valence-electron chi connectivity index (χ4n) is 4.29. The Balaban J connectivity index is 1.38. The van der Waals surface area contributed by atoms with Crippen molar-refractivity contribution < 1.29 is 14.0 Å². The number of urea groups is 1. The zero-order chi connectivity index (χ0) is 27.4. The van der Waals surface area contributed by atoms with Crippen LogP contribution in [0.25, 0.3) is 22.4 Å². The highest BCUT2D eigenvalue weighted by atomic mass is 19.1. The second-order valence-electron chi connectivity index (χ2n) is 9.39. The largest absolute Gasteiger partial charge is 0.331 e. The summed E-state index contributed by atoms with van der Waals surface area (Å²) < 4.78 is 13.2. The Labute approximate surface area is 225 Å². The number of halogens is 1. The Bertz CT molecular complexity index is 1550. The van der Waals surface area contributed by atoms with Gasteiger partial charge in [-0.1, -0.05) is 12.1 Å². The molecule has 1 aliphatic rings. The number of carbonyl (C=O) groups excluding carboxylic acids is 2. The van der Waals surface area contributed by atoms with E-state index in [9.17, 15) is 14.0 Å². The standard InChI is InChI=1S/C30H27FN6O2/c1-37(2)30(39)36-25-14-22(16-32-17-25)21-6-5-19-4-3-13-33-28(26(19)15-21)29(38)35-24-11-12-27(34-18-24)20-7-9-23(31)10-8-20/h5-12,14-18H,3-4,13H2,1-2H3,(H,35,38)(H,36,39). The quantitative estimate of drug-likeness (QED) is 0.366. The van der Waals surface area contributed by atoms with Crippen molar-refractivity contribution >= 4 is 29.0 Å². The molecule has 0 radical (unpaired) electrons. The summed E-state index contributed by atoms with van der Waals surface area (Å²) in [6.07, 6.45) is 6.52. The number of benzene rings is 2. The minimum Gasteiger partial charge on any atom is -0.331 e. The molecule has 2 aromatic carbocycles. The van der Waals surface area contributed by atoms with Crippen molar-refractivity contribution in [3.8, 4) is 22.4 Å². The Morgan fingerprint density at radius 1 is 0.846 bits per heavy atom. The predicted octanol–water partition coefficient (Wildman–Crippen LogP) is 5.42.